The van der Waals surface area contributed by atoms with Gasteiger partial charge in [-0.1, -0.05) is 0 Å². The fourth-order valence-electron chi connectivity index (χ4n) is 3.39. The van der Waals surface area contributed by atoms with Gasteiger partial charge >= 0.3 is 0 Å². The van der Waals surface area contributed by atoms with Crippen LogP contribution in [0.2, 0.25) is 0 Å². The van der Waals surface area contributed by atoms with Crippen molar-refractivity contribution >= 4 is 17.2 Å². The van der Waals surface area contributed by atoms with Gasteiger partial charge in [0.1, 0.15) is 0 Å². The molecular weight excluding hydrogens is 272 g/mol. The van der Waals surface area contributed by atoms with Crippen LogP contribution in [0.4, 0.5) is 0 Å². The largest absolute Gasteiger partial charge is 0.381 e. The molecule has 4 nitrogen and oxygen atoms in total. The van der Waals surface area contributed by atoms with Crippen LogP contribution in [0.1, 0.15) is 37.3 Å². The summed E-state index contributed by atoms with van der Waals surface area (Å²) < 4.78 is 5.41. The van der Waals surface area contributed by atoms with Gasteiger partial charge in [0.05, 0.1) is 11.5 Å². The molecular formula is C15H22N2O2S. The lowest BCUT2D eigenvalue weighted by atomic mass is 9.78. The minimum atomic E-state index is -0.392. The second-order valence-electron chi connectivity index (χ2n) is 5.81. The second-order valence-corrected chi connectivity index (χ2v) is 6.59. The van der Waals surface area contributed by atoms with Gasteiger partial charge in [0.25, 0.3) is 0 Å². The van der Waals surface area contributed by atoms with Gasteiger partial charge in [-0.05, 0) is 48.1 Å². The molecule has 1 aromatic rings. The molecule has 5 heteroatoms. The van der Waals surface area contributed by atoms with Crippen LogP contribution in [-0.4, -0.2) is 37.1 Å². The van der Waals surface area contributed by atoms with E-state index in [-0.39, 0.29) is 11.9 Å². The summed E-state index contributed by atoms with van der Waals surface area (Å²) in [5.74, 6) is 0.247. The SMILES string of the molecule is NCC1(C(=O)N2CCCC2c2ccsc2)CCOCC1. The van der Waals surface area contributed by atoms with Crippen molar-refractivity contribution in [3.8, 4) is 0 Å². The number of hydrogen-bond donors (Lipinski definition) is 1. The number of carbonyl (C=O) groups is 1. The van der Waals surface area contributed by atoms with Gasteiger partial charge < -0.3 is 15.4 Å². The highest BCUT2D eigenvalue weighted by Crippen LogP contribution is 2.39. The maximum atomic E-state index is 13.1. The van der Waals surface area contributed by atoms with Crippen LogP contribution >= 0.6 is 11.3 Å². The van der Waals surface area contributed by atoms with Crippen LogP contribution < -0.4 is 5.73 Å². The molecule has 1 amide bonds. The van der Waals surface area contributed by atoms with E-state index in [1.54, 1.807) is 11.3 Å². The Morgan fingerprint density at radius 2 is 2.30 bits per heavy atom. The second kappa shape index (κ2) is 5.84. The third kappa shape index (κ3) is 2.38. The highest BCUT2D eigenvalue weighted by Gasteiger charge is 2.44. The van der Waals surface area contributed by atoms with Crippen LogP contribution in [0.25, 0.3) is 0 Å². The first-order valence-electron chi connectivity index (χ1n) is 7.38. The Hall–Kier alpha value is -0.910. The zero-order chi connectivity index (χ0) is 14.0. The van der Waals surface area contributed by atoms with E-state index in [0.29, 0.717) is 19.8 Å². The lowest BCUT2D eigenvalue weighted by molar-refractivity contribution is -0.148. The van der Waals surface area contributed by atoms with Crippen LogP contribution in [0.5, 0.6) is 0 Å². The molecule has 3 heterocycles. The summed E-state index contributed by atoms with van der Waals surface area (Å²) in [5, 5.41) is 4.25. The lowest BCUT2D eigenvalue weighted by Gasteiger charge is -2.39. The van der Waals surface area contributed by atoms with E-state index >= 15 is 0 Å². The summed E-state index contributed by atoms with van der Waals surface area (Å²) in [6.07, 6.45) is 3.67. The van der Waals surface area contributed by atoms with Crippen molar-refractivity contribution in [3.05, 3.63) is 22.4 Å². The highest BCUT2D eigenvalue weighted by atomic mass is 32.1. The van der Waals surface area contributed by atoms with E-state index in [1.807, 2.05) is 0 Å². The fraction of sp³-hybridized carbons (Fsp3) is 0.667. The Bertz CT molecular complexity index is 454. The lowest BCUT2D eigenvalue weighted by Crippen LogP contribution is -2.50. The number of thiophene rings is 1. The van der Waals surface area contributed by atoms with E-state index < -0.39 is 5.41 Å². The number of carbonyl (C=O) groups excluding carboxylic acids is 1. The maximum Gasteiger partial charge on any atom is 0.230 e. The normalized spacial score (nSPS) is 25.9. The van der Waals surface area contributed by atoms with E-state index in [2.05, 4.69) is 21.7 Å². The quantitative estimate of drug-likeness (QED) is 0.929. The summed E-state index contributed by atoms with van der Waals surface area (Å²) in [4.78, 5) is 15.1. The average Bonchev–Trinajstić information content (AvgIpc) is 3.17. The number of rotatable bonds is 3. The van der Waals surface area contributed by atoms with Gasteiger partial charge in [-0.25, -0.2) is 0 Å². The van der Waals surface area contributed by atoms with Gasteiger partial charge in [0.2, 0.25) is 5.91 Å². The molecule has 110 valence electrons. The Balaban J connectivity index is 1.81. The number of nitrogens with two attached hydrogens (primary N) is 1. The molecule has 2 fully saturated rings. The van der Waals surface area contributed by atoms with Crippen molar-refractivity contribution in [2.45, 2.75) is 31.7 Å². The van der Waals surface area contributed by atoms with Crippen LogP contribution in [0.15, 0.2) is 16.8 Å². The van der Waals surface area contributed by atoms with Crippen molar-refractivity contribution in [1.82, 2.24) is 4.90 Å². The van der Waals surface area contributed by atoms with Gasteiger partial charge in [0.15, 0.2) is 0 Å². The third-order valence-electron chi connectivity index (χ3n) is 4.74. The summed E-state index contributed by atoms with van der Waals surface area (Å²) in [6, 6.07) is 2.39. The van der Waals surface area contributed by atoms with Crippen LogP contribution in [-0.2, 0) is 9.53 Å². The minimum Gasteiger partial charge on any atom is -0.381 e. The molecule has 1 aromatic heterocycles. The molecule has 2 aliphatic heterocycles. The molecule has 0 saturated carbocycles. The number of likely N-dealkylation sites (tertiary alicyclic amines) is 1. The first kappa shape index (κ1) is 14.0. The number of ether oxygens (including phenoxy) is 1. The smallest absolute Gasteiger partial charge is 0.230 e. The number of amides is 1. The molecule has 0 spiro atoms. The van der Waals surface area contributed by atoms with Gasteiger partial charge in [-0.15, -0.1) is 0 Å². The Morgan fingerprint density at radius 1 is 1.50 bits per heavy atom. The van der Waals surface area contributed by atoms with Crippen molar-refractivity contribution in [3.63, 3.8) is 0 Å². The van der Waals surface area contributed by atoms with Gasteiger partial charge in [0, 0.05) is 26.3 Å². The first-order chi connectivity index (χ1) is 9.77. The Kier molecular flexibility index (Phi) is 4.10. The molecule has 1 unspecified atom stereocenters. The average molecular weight is 294 g/mol. The van der Waals surface area contributed by atoms with Crippen LogP contribution in [0.3, 0.4) is 0 Å². The zero-order valence-corrected chi connectivity index (χ0v) is 12.5. The number of hydrogen-bond acceptors (Lipinski definition) is 4. The fourth-order valence-corrected chi connectivity index (χ4v) is 4.10. The molecule has 0 radical (unpaired) electrons. The van der Waals surface area contributed by atoms with Crippen molar-refractivity contribution in [2.75, 3.05) is 26.3 Å². The van der Waals surface area contributed by atoms with E-state index in [9.17, 15) is 4.79 Å². The molecule has 2 aliphatic rings. The summed E-state index contributed by atoms with van der Waals surface area (Å²) in [5.41, 5.74) is 6.86. The molecule has 0 aliphatic carbocycles. The van der Waals surface area contributed by atoms with E-state index in [0.717, 1.165) is 32.2 Å². The molecule has 2 N–H and O–H groups in total. The van der Waals surface area contributed by atoms with Crippen LogP contribution in [0, 0.1) is 5.41 Å². The predicted molar refractivity (Wildman–Crippen MR) is 79.5 cm³/mol. The summed E-state index contributed by atoms with van der Waals surface area (Å²) >= 11 is 1.70. The minimum absolute atomic E-state index is 0.247. The molecule has 1 atom stereocenters. The Morgan fingerprint density at radius 3 is 2.95 bits per heavy atom. The summed E-state index contributed by atoms with van der Waals surface area (Å²) in [6.45, 7) is 2.60. The van der Waals surface area contributed by atoms with E-state index in [4.69, 9.17) is 10.5 Å². The van der Waals surface area contributed by atoms with Gasteiger partial charge in [-0.3, -0.25) is 4.79 Å². The zero-order valence-electron chi connectivity index (χ0n) is 11.7. The number of nitrogens with zero attached hydrogens (tertiary/aromatic N) is 1. The molecule has 3 rings (SSSR count). The highest BCUT2D eigenvalue weighted by molar-refractivity contribution is 7.07. The Labute approximate surface area is 123 Å². The van der Waals surface area contributed by atoms with E-state index in [1.165, 1.54) is 5.56 Å². The molecule has 2 saturated heterocycles. The van der Waals surface area contributed by atoms with Crippen molar-refractivity contribution in [2.24, 2.45) is 11.1 Å². The molecule has 0 aromatic carbocycles. The maximum absolute atomic E-state index is 13.1. The standard InChI is InChI=1S/C15H22N2O2S/c16-11-15(4-7-19-8-5-15)14(18)17-6-1-2-13(17)12-3-9-20-10-12/h3,9-10,13H,1-2,4-8,11,16H2. The van der Waals surface area contributed by atoms with Crippen molar-refractivity contribution < 1.29 is 9.53 Å². The molecule has 0 bridgehead atoms. The molecule has 20 heavy (non-hydrogen) atoms. The third-order valence-corrected chi connectivity index (χ3v) is 5.44. The van der Waals surface area contributed by atoms with Crippen molar-refractivity contribution in [1.29, 1.82) is 0 Å². The topological polar surface area (TPSA) is 55.6 Å². The monoisotopic (exact) mass is 294 g/mol. The summed E-state index contributed by atoms with van der Waals surface area (Å²) in [7, 11) is 0. The predicted octanol–water partition coefficient (Wildman–Crippen LogP) is 2.17. The van der Waals surface area contributed by atoms with Gasteiger partial charge in [-0.2, -0.15) is 11.3 Å². The first-order valence-corrected chi connectivity index (χ1v) is 8.32.